The van der Waals surface area contributed by atoms with Crippen molar-refractivity contribution in [2.75, 3.05) is 0 Å². The zero-order valence-electron chi connectivity index (χ0n) is 23.4. The summed E-state index contributed by atoms with van der Waals surface area (Å²) in [5, 5.41) is 3.67. The van der Waals surface area contributed by atoms with Crippen LogP contribution in [0.15, 0.2) is 146 Å². The van der Waals surface area contributed by atoms with Gasteiger partial charge in [0.25, 0.3) is 0 Å². The lowest BCUT2D eigenvalue weighted by molar-refractivity contribution is 0.501. The van der Waals surface area contributed by atoms with E-state index in [2.05, 4.69) is 96.8 Å². The first-order valence-corrected chi connectivity index (χ1v) is 14.2. The van der Waals surface area contributed by atoms with Crippen LogP contribution in [0.2, 0.25) is 0 Å². The molecule has 2 heterocycles. The lowest BCUT2D eigenvalue weighted by Gasteiger charge is -2.40. The van der Waals surface area contributed by atoms with Gasteiger partial charge in [0.1, 0.15) is 0 Å². The Morgan fingerprint density at radius 1 is 0.738 bits per heavy atom. The molecular weight excluding hydrogens is 512 g/mol. The van der Waals surface area contributed by atoms with Crippen molar-refractivity contribution in [1.82, 2.24) is 20.3 Å². The zero-order valence-corrected chi connectivity index (χ0v) is 23.4. The van der Waals surface area contributed by atoms with Gasteiger partial charge in [-0.15, -0.1) is 0 Å². The Hall–Kier alpha value is -5.35. The molecule has 2 unspecified atom stereocenters. The van der Waals surface area contributed by atoms with Gasteiger partial charge in [-0.1, -0.05) is 128 Å². The van der Waals surface area contributed by atoms with Gasteiger partial charge in [0.2, 0.25) is 0 Å². The fraction of sp³-hybridized carbons (Fsp3) is 0.0789. The topological polar surface area (TPSA) is 50.7 Å². The normalized spacial score (nSPS) is 18.7. The van der Waals surface area contributed by atoms with Crippen molar-refractivity contribution < 1.29 is 0 Å². The summed E-state index contributed by atoms with van der Waals surface area (Å²) in [6.45, 7) is 5.96. The molecule has 7 rings (SSSR count). The standard InChI is InChI=1S/C38H30N4/c1-3-26(4-2)35-40-36(27-15-7-5-8-16-27)42-37(41-35)28-22-23-33-31(25-28)30-19-11-12-20-32(30)38(33,29-17-9-6-10-18-29)34-21-13-14-24-39-34/h3-25,34,39H,1H2,2H3/b26-4+. The largest absolute Gasteiger partial charge is 0.383 e. The molecule has 202 valence electrons. The Kier molecular flexibility index (Phi) is 6.44. The average molecular weight is 543 g/mol. The highest BCUT2D eigenvalue weighted by molar-refractivity contribution is 5.87. The van der Waals surface area contributed by atoms with Crippen LogP contribution in [0.3, 0.4) is 0 Å². The predicted molar refractivity (Wildman–Crippen MR) is 172 cm³/mol. The van der Waals surface area contributed by atoms with E-state index in [1.807, 2.05) is 55.6 Å². The number of fused-ring (bicyclic) bond motifs is 3. The molecular formula is C38H30N4. The van der Waals surface area contributed by atoms with Gasteiger partial charge in [-0.2, -0.15) is 0 Å². The highest BCUT2D eigenvalue weighted by Gasteiger charge is 2.49. The third-order valence-electron chi connectivity index (χ3n) is 8.28. The highest BCUT2D eigenvalue weighted by atomic mass is 15.0. The second kappa shape index (κ2) is 10.6. The summed E-state index contributed by atoms with van der Waals surface area (Å²) in [5.41, 5.74) is 8.55. The van der Waals surface area contributed by atoms with E-state index < -0.39 is 5.41 Å². The van der Waals surface area contributed by atoms with Crippen LogP contribution >= 0.6 is 0 Å². The first-order valence-electron chi connectivity index (χ1n) is 14.2. The number of allylic oxidation sites excluding steroid dienone is 5. The lowest BCUT2D eigenvalue weighted by Crippen LogP contribution is -2.46. The summed E-state index contributed by atoms with van der Waals surface area (Å²) in [6, 6.07) is 36.3. The highest BCUT2D eigenvalue weighted by Crippen LogP contribution is 2.55. The number of hydrogen-bond donors (Lipinski definition) is 1. The van der Waals surface area contributed by atoms with Gasteiger partial charge in [0.05, 0.1) is 11.5 Å². The van der Waals surface area contributed by atoms with E-state index in [1.54, 1.807) is 6.08 Å². The van der Waals surface area contributed by atoms with Gasteiger partial charge in [-0.05, 0) is 53.1 Å². The summed E-state index contributed by atoms with van der Waals surface area (Å²) in [5.74, 6) is 1.88. The Morgan fingerprint density at radius 2 is 1.43 bits per heavy atom. The maximum absolute atomic E-state index is 4.97. The molecule has 1 N–H and O–H groups in total. The number of nitrogens with zero attached hydrogens (tertiary/aromatic N) is 3. The lowest BCUT2D eigenvalue weighted by atomic mass is 9.66. The first kappa shape index (κ1) is 25.6. The predicted octanol–water partition coefficient (Wildman–Crippen LogP) is 8.15. The molecule has 5 aromatic rings. The molecule has 4 heteroatoms. The van der Waals surface area contributed by atoms with Gasteiger partial charge < -0.3 is 5.32 Å². The van der Waals surface area contributed by atoms with Crippen molar-refractivity contribution in [3.8, 4) is 33.9 Å². The molecule has 0 bridgehead atoms. The number of aromatic nitrogens is 3. The molecule has 4 aromatic carbocycles. The SMILES string of the molecule is C=C/C(=C\C)c1nc(-c2ccccc2)nc(-c2ccc3c(c2)-c2ccccc2C3(c2ccccc2)C2C=CC=CN2)n1. The maximum atomic E-state index is 4.97. The van der Waals surface area contributed by atoms with Crippen LogP contribution < -0.4 is 5.32 Å². The number of hydrogen-bond acceptors (Lipinski definition) is 4. The van der Waals surface area contributed by atoms with Crippen molar-refractivity contribution >= 4 is 5.57 Å². The molecule has 2 atom stereocenters. The van der Waals surface area contributed by atoms with E-state index in [0.717, 1.165) is 16.7 Å². The summed E-state index contributed by atoms with van der Waals surface area (Å²) < 4.78 is 0. The van der Waals surface area contributed by atoms with E-state index in [-0.39, 0.29) is 6.04 Å². The molecule has 0 amide bonds. The minimum absolute atomic E-state index is 0.0384. The molecule has 0 spiro atoms. The van der Waals surface area contributed by atoms with Gasteiger partial charge >= 0.3 is 0 Å². The van der Waals surface area contributed by atoms with E-state index in [9.17, 15) is 0 Å². The van der Waals surface area contributed by atoms with E-state index in [1.165, 1.54) is 27.8 Å². The van der Waals surface area contributed by atoms with E-state index >= 15 is 0 Å². The number of nitrogens with one attached hydrogen (secondary N) is 1. The van der Waals surface area contributed by atoms with Crippen LogP contribution in [-0.2, 0) is 5.41 Å². The van der Waals surface area contributed by atoms with Crippen molar-refractivity contribution in [3.05, 3.63) is 169 Å². The van der Waals surface area contributed by atoms with Crippen molar-refractivity contribution in [2.24, 2.45) is 0 Å². The first-order chi connectivity index (χ1) is 20.7. The van der Waals surface area contributed by atoms with Crippen molar-refractivity contribution in [2.45, 2.75) is 18.4 Å². The molecule has 2 aliphatic rings. The summed E-state index contributed by atoms with van der Waals surface area (Å²) in [7, 11) is 0. The van der Waals surface area contributed by atoms with Crippen LogP contribution in [0.4, 0.5) is 0 Å². The zero-order chi connectivity index (χ0) is 28.5. The fourth-order valence-corrected chi connectivity index (χ4v) is 6.39. The Labute approximate surface area is 246 Å². The molecule has 0 fully saturated rings. The molecule has 1 aliphatic carbocycles. The van der Waals surface area contributed by atoms with E-state index in [4.69, 9.17) is 15.0 Å². The average Bonchev–Trinajstić information content (AvgIpc) is 3.37. The summed E-state index contributed by atoms with van der Waals surface area (Å²) >= 11 is 0. The molecule has 4 nitrogen and oxygen atoms in total. The van der Waals surface area contributed by atoms with Gasteiger partial charge in [0, 0.05) is 16.7 Å². The molecule has 0 saturated heterocycles. The van der Waals surface area contributed by atoms with Crippen LogP contribution in [0.1, 0.15) is 29.4 Å². The van der Waals surface area contributed by atoms with Gasteiger partial charge in [-0.3, -0.25) is 0 Å². The molecule has 1 aromatic heterocycles. The molecule has 42 heavy (non-hydrogen) atoms. The van der Waals surface area contributed by atoms with Crippen LogP contribution in [0, 0.1) is 0 Å². The number of rotatable bonds is 6. The van der Waals surface area contributed by atoms with Crippen LogP contribution in [0.25, 0.3) is 39.5 Å². The Morgan fingerprint density at radius 3 is 2.14 bits per heavy atom. The third kappa shape index (κ3) is 4.03. The van der Waals surface area contributed by atoms with Crippen LogP contribution in [0.5, 0.6) is 0 Å². The monoisotopic (exact) mass is 542 g/mol. The smallest absolute Gasteiger partial charge is 0.164 e. The second-order valence-electron chi connectivity index (χ2n) is 10.5. The second-order valence-corrected chi connectivity index (χ2v) is 10.5. The fourth-order valence-electron chi connectivity index (χ4n) is 6.39. The Bertz CT molecular complexity index is 1890. The quantitative estimate of drug-likeness (QED) is 0.220. The van der Waals surface area contributed by atoms with Crippen molar-refractivity contribution in [1.29, 1.82) is 0 Å². The molecule has 1 aliphatic heterocycles. The maximum Gasteiger partial charge on any atom is 0.164 e. The Balaban J connectivity index is 1.47. The van der Waals surface area contributed by atoms with Gasteiger partial charge in [0.15, 0.2) is 17.5 Å². The summed E-state index contributed by atoms with van der Waals surface area (Å²) in [6.07, 6.45) is 12.3. The summed E-state index contributed by atoms with van der Waals surface area (Å²) in [4.78, 5) is 14.7. The van der Waals surface area contributed by atoms with Crippen molar-refractivity contribution in [3.63, 3.8) is 0 Å². The minimum atomic E-state index is -0.409. The van der Waals surface area contributed by atoms with Crippen LogP contribution in [-0.4, -0.2) is 21.0 Å². The number of benzene rings is 4. The molecule has 0 radical (unpaired) electrons. The van der Waals surface area contributed by atoms with E-state index in [0.29, 0.717) is 17.5 Å². The minimum Gasteiger partial charge on any atom is -0.383 e. The molecule has 0 saturated carbocycles. The van der Waals surface area contributed by atoms with Gasteiger partial charge in [-0.25, -0.2) is 15.0 Å². The number of dihydropyridines is 1. The third-order valence-corrected chi connectivity index (χ3v) is 8.28.